The minimum absolute atomic E-state index is 0.234. The Balaban J connectivity index is 1.54. The van der Waals surface area contributed by atoms with E-state index in [0.717, 1.165) is 50.6 Å². The number of benzene rings is 1. The van der Waals surface area contributed by atoms with Crippen LogP contribution in [0, 0.1) is 12.8 Å². The van der Waals surface area contributed by atoms with E-state index >= 15 is 0 Å². The largest absolute Gasteiger partial charge is 0.342 e. The second-order valence-electron chi connectivity index (χ2n) is 9.46. The molecule has 1 aromatic carbocycles. The maximum atomic E-state index is 13.9. The van der Waals surface area contributed by atoms with Crippen molar-refractivity contribution in [3.05, 3.63) is 47.3 Å². The summed E-state index contributed by atoms with van der Waals surface area (Å²) >= 11 is 0. The summed E-state index contributed by atoms with van der Waals surface area (Å²) in [5.74, 6) is 0.492. The molecule has 0 bridgehead atoms. The number of aromatic amines is 1. The van der Waals surface area contributed by atoms with Crippen molar-refractivity contribution in [1.29, 1.82) is 0 Å². The quantitative estimate of drug-likeness (QED) is 0.762. The van der Waals surface area contributed by atoms with Gasteiger partial charge in [0.25, 0.3) is 0 Å². The molecule has 1 amide bonds. The first kappa shape index (κ1) is 22.1. The fourth-order valence-electron chi connectivity index (χ4n) is 5.43. The Bertz CT molecular complexity index is 1020. The molecule has 1 unspecified atom stereocenters. The number of hydrogen-bond donors (Lipinski definition) is 1. The van der Waals surface area contributed by atoms with E-state index in [1.807, 2.05) is 0 Å². The van der Waals surface area contributed by atoms with E-state index in [1.165, 1.54) is 24.4 Å². The number of nitrogens with zero attached hydrogens (tertiary/aromatic N) is 2. The normalized spacial score (nSPS) is 21.7. The molecule has 1 saturated heterocycles. The zero-order valence-corrected chi connectivity index (χ0v) is 19.4. The van der Waals surface area contributed by atoms with Crippen LogP contribution >= 0.6 is 0 Å². The molecule has 1 aliphatic carbocycles. The first-order chi connectivity index (χ1) is 14.8. The second kappa shape index (κ2) is 8.77. The summed E-state index contributed by atoms with van der Waals surface area (Å²) in [7, 11) is -3.31. The lowest BCUT2D eigenvalue weighted by molar-refractivity contribution is -0.140. The predicted octanol–water partition coefficient (Wildman–Crippen LogP) is 3.80. The monoisotopic (exact) mass is 443 g/mol. The van der Waals surface area contributed by atoms with Crippen LogP contribution in [0.5, 0.6) is 0 Å². The Labute approximate surface area is 185 Å². The number of sulfone groups is 1. The maximum Gasteiger partial charge on any atom is 0.233 e. The Kier molecular flexibility index (Phi) is 6.24. The van der Waals surface area contributed by atoms with Gasteiger partial charge in [0.05, 0.1) is 17.3 Å². The Morgan fingerprint density at radius 3 is 2.55 bits per heavy atom. The van der Waals surface area contributed by atoms with Crippen LogP contribution in [0.2, 0.25) is 0 Å². The second-order valence-corrected chi connectivity index (χ2v) is 11.4. The molecule has 1 aliphatic heterocycles. The van der Waals surface area contributed by atoms with Crippen LogP contribution in [-0.2, 0) is 26.5 Å². The van der Waals surface area contributed by atoms with Crippen LogP contribution in [0.15, 0.2) is 35.4 Å². The van der Waals surface area contributed by atoms with Crippen molar-refractivity contribution in [2.75, 3.05) is 19.3 Å². The van der Waals surface area contributed by atoms with Crippen molar-refractivity contribution in [2.45, 2.75) is 68.6 Å². The highest BCUT2D eigenvalue weighted by Crippen LogP contribution is 2.42. The Morgan fingerprint density at radius 1 is 1.16 bits per heavy atom. The smallest absolute Gasteiger partial charge is 0.233 e. The summed E-state index contributed by atoms with van der Waals surface area (Å²) in [5.41, 5.74) is 2.60. The number of piperidine rings is 1. The lowest BCUT2D eigenvalue weighted by Gasteiger charge is -2.43. The summed E-state index contributed by atoms with van der Waals surface area (Å²) in [5, 5.41) is 6.83. The zero-order chi connectivity index (χ0) is 22.1. The molecule has 2 fully saturated rings. The SMILES string of the molecule is Cc1ccc(C2(C(=O)N3CCCC(Cc4[nH]ncc4S(C)(=O)=O)C3)CCCCC2)cc1. The minimum atomic E-state index is -3.31. The molecule has 31 heavy (non-hydrogen) atoms. The molecule has 0 radical (unpaired) electrons. The van der Waals surface area contributed by atoms with Gasteiger partial charge >= 0.3 is 0 Å². The number of rotatable bonds is 5. The number of carbonyl (C=O) groups is 1. The van der Waals surface area contributed by atoms with Gasteiger partial charge in [-0.05, 0) is 50.5 Å². The van der Waals surface area contributed by atoms with E-state index in [4.69, 9.17) is 0 Å². The molecule has 7 heteroatoms. The van der Waals surface area contributed by atoms with E-state index in [9.17, 15) is 13.2 Å². The van der Waals surface area contributed by atoms with Gasteiger partial charge in [-0.2, -0.15) is 5.10 Å². The lowest BCUT2D eigenvalue weighted by atomic mass is 9.68. The summed E-state index contributed by atoms with van der Waals surface area (Å²) < 4.78 is 24.1. The van der Waals surface area contributed by atoms with Gasteiger partial charge in [0, 0.05) is 19.3 Å². The molecular formula is C24H33N3O3S. The molecule has 1 aromatic heterocycles. The van der Waals surface area contributed by atoms with Gasteiger partial charge in [0.2, 0.25) is 5.91 Å². The van der Waals surface area contributed by atoms with Crippen LogP contribution in [0.25, 0.3) is 0 Å². The van der Waals surface area contributed by atoms with Crippen molar-refractivity contribution < 1.29 is 13.2 Å². The third-order valence-corrected chi connectivity index (χ3v) is 8.25. The predicted molar refractivity (Wildman–Crippen MR) is 121 cm³/mol. The summed E-state index contributed by atoms with van der Waals surface area (Å²) in [6.07, 6.45) is 10.3. The van der Waals surface area contributed by atoms with Gasteiger partial charge in [-0.3, -0.25) is 9.89 Å². The van der Waals surface area contributed by atoms with Crippen molar-refractivity contribution in [2.24, 2.45) is 5.92 Å². The first-order valence-corrected chi connectivity index (χ1v) is 13.3. The van der Waals surface area contributed by atoms with Crippen LogP contribution in [0.3, 0.4) is 0 Å². The van der Waals surface area contributed by atoms with Gasteiger partial charge in [-0.15, -0.1) is 0 Å². The van der Waals surface area contributed by atoms with Gasteiger partial charge in [-0.1, -0.05) is 49.1 Å². The Hall–Kier alpha value is -2.15. The van der Waals surface area contributed by atoms with Gasteiger partial charge in [0.1, 0.15) is 4.90 Å². The molecule has 2 aromatic rings. The topological polar surface area (TPSA) is 83.1 Å². The lowest BCUT2D eigenvalue weighted by Crippen LogP contribution is -2.51. The average molecular weight is 444 g/mol. The molecule has 1 saturated carbocycles. The van der Waals surface area contributed by atoms with Crippen LogP contribution < -0.4 is 0 Å². The van der Waals surface area contributed by atoms with Crippen LogP contribution in [0.1, 0.15) is 61.8 Å². The van der Waals surface area contributed by atoms with Crippen molar-refractivity contribution >= 4 is 15.7 Å². The standard InChI is InChI=1S/C24H33N3O3S/c1-18-8-10-20(11-9-18)24(12-4-3-5-13-24)23(28)27-14-6-7-19(17-27)15-21-22(16-25-26-21)31(2,29)30/h8-11,16,19H,3-7,12-15,17H2,1-2H3,(H,25,26). The number of amides is 1. The number of nitrogens with one attached hydrogen (secondary N) is 1. The van der Waals surface area contributed by atoms with Gasteiger partial charge in [0.15, 0.2) is 9.84 Å². The number of carbonyl (C=O) groups excluding carboxylic acids is 1. The molecule has 1 N–H and O–H groups in total. The van der Waals surface area contributed by atoms with E-state index in [0.29, 0.717) is 18.7 Å². The van der Waals surface area contributed by atoms with Crippen LogP contribution in [0.4, 0.5) is 0 Å². The van der Waals surface area contributed by atoms with Crippen molar-refractivity contribution in [1.82, 2.24) is 15.1 Å². The highest BCUT2D eigenvalue weighted by molar-refractivity contribution is 7.90. The first-order valence-electron chi connectivity index (χ1n) is 11.4. The van der Waals surface area contributed by atoms with E-state index in [-0.39, 0.29) is 16.7 Å². The van der Waals surface area contributed by atoms with E-state index < -0.39 is 15.3 Å². The summed E-state index contributed by atoms with van der Waals surface area (Å²) in [4.78, 5) is 16.3. The number of likely N-dealkylation sites (tertiary alicyclic amines) is 1. The highest BCUT2D eigenvalue weighted by Gasteiger charge is 2.44. The molecule has 1 atom stereocenters. The average Bonchev–Trinajstić information content (AvgIpc) is 3.23. The number of hydrogen-bond acceptors (Lipinski definition) is 4. The fourth-order valence-corrected chi connectivity index (χ4v) is 6.25. The van der Waals surface area contributed by atoms with E-state index in [1.54, 1.807) is 0 Å². The number of aryl methyl sites for hydroxylation is 1. The van der Waals surface area contributed by atoms with Crippen molar-refractivity contribution in [3.63, 3.8) is 0 Å². The number of aromatic nitrogens is 2. The maximum absolute atomic E-state index is 13.9. The fraction of sp³-hybridized carbons (Fsp3) is 0.583. The number of H-pyrrole nitrogens is 1. The molecule has 2 heterocycles. The third-order valence-electron chi connectivity index (χ3n) is 7.10. The molecule has 4 rings (SSSR count). The third kappa shape index (κ3) is 4.56. The highest BCUT2D eigenvalue weighted by atomic mass is 32.2. The van der Waals surface area contributed by atoms with E-state index in [2.05, 4.69) is 46.3 Å². The molecule has 6 nitrogen and oxygen atoms in total. The molecule has 2 aliphatic rings. The molecule has 0 spiro atoms. The summed E-state index contributed by atoms with van der Waals surface area (Å²) in [6.45, 7) is 3.54. The van der Waals surface area contributed by atoms with Gasteiger partial charge in [-0.25, -0.2) is 8.42 Å². The Morgan fingerprint density at radius 2 is 1.87 bits per heavy atom. The minimum Gasteiger partial charge on any atom is -0.342 e. The van der Waals surface area contributed by atoms with Crippen LogP contribution in [-0.4, -0.2) is 48.8 Å². The summed E-state index contributed by atoms with van der Waals surface area (Å²) in [6, 6.07) is 8.51. The van der Waals surface area contributed by atoms with Crippen molar-refractivity contribution in [3.8, 4) is 0 Å². The molecule has 168 valence electrons. The van der Waals surface area contributed by atoms with Gasteiger partial charge < -0.3 is 4.90 Å². The molecular weight excluding hydrogens is 410 g/mol. The zero-order valence-electron chi connectivity index (χ0n) is 18.6.